The van der Waals surface area contributed by atoms with Gasteiger partial charge < -0.3 is 18.9 Å². The molecule has 0 spiro atoms. The lowest BCUT2D eigenvalue weighted by Crippen LogP contribution is -2.29. The van der Waals surface area contributed by atoms with Crippen molar-refractivity contribution in [2.24, 2.45) is 11.3 Å². The van der Waals surface area contributed by atoms with E-state index in [1.165, 1.54) is 7.11 Å². The number of allylic oxidation sites excluding steroid dienone is 2. The summed E-state index contributed by atoms with van der Waals surface area (Å²) in [5, 5.41) is 0. The van der Waals surface area contributed by atoms with Gasteiger partial charge in [0.05, 0.1) is 12.5 Å². The monoisotopic (exact) mass is 342 g/mol. The van der Waals surface area contributed by atoms with Gasteiger partial charge in [0.2, 0.25) is 12.6 Å². The Morgan fingerprint density at radius 3 is 2.84 bits per heavy atom. The minimum atomic E-state index is -0.310. The van der Waals surface area contributed by atoms with Gasteiger partial charge in [0.15, 0.2) is 17.3 Å². The fourth-order valence-corrected chi connectivity index (χ4v) is 4.15. The Labute approximate surface area is 147 Å². The van der Waals surface area contributed by atoms with Crippen LogP contribution in [0.5, 0.6) is 11.5 Å². The highest BCUT2D eigenvalue weighted by Crippen LogP contribution is 2.58. The van der Waals surface area contributed by atoms with Gasteiger partial charge in [-0.05, 0) is 30.2 Å². The predicted molar refractivity (Wildman–Crippen MR) is 91.1 cm³/mol. The van der Waals surface area contributed by atoms with Crippen LogP contribution in [0.3, 0.4) is 0 Å². The number of rotatable bonds is 4. The highest BCUT2D eigenvalue weighted by atomic mass is 16.7. The maximum Gasteiger partial charge on any atom is 0.231 e. The molecule has 25 heavy (non-hydrogen) atoms. The Morgan fingerprint density at radius 2 is 2.08 bits per heavy atom. The molecule has 1 fully saturated rings. The van der Waals surface area contributed by atoms with Gasteiger partial charge >= 0.3 is 0 Å². The van der Waals surface area contributed by atoms with Gasteiger partial charge in [-0.1, -0.05) is 26.3 Å². The number of hydrogen-bond donors (Lipinski definition) is 0. The summed E-state index contributed by atoms with van der Waals surface area (Å²) in [7, 11) is 1.54. The number of carbonyl (C=O) groups excluding carboxylic acids is 1. The van der Waals surface area contributed by atoms with Crippen LogP contribution in [0.1, 0.15) is 38.4 Å². The van der Waals surface area contributed by atoms with Crippen molar-refractivity contribution in [3.8, 4) is 11.5 Å². The minimum absolute atomic E-state index is 0.136. The van der Waals surface area contributed by atoms with E-state index in [4.69, 9.17) is 18.9 Å². The maximum absolute atomic E-state index is 12.2. The van der Waals surface area contributed by atoms with Gasteiger partial charge in [-0.2, -0.15) is 0 Å². The first-order valence-electron chi connectivity index (χ1n) is 8.68. The number of ketones is 1. The first-order valence-corrected chi connectivity index (χ1v) is 8.68. The molecule has 1 saturated heterocycles. The van der Waals surface area contributed by atoms with E-state index < -0.39 is 0 Å². The molecule has 5 heteroatoms. The Kier molecular flexibility index (Phi) is 3.74. The van der Waals surface area contributed by atoms with Crippen molar-refractivity contribution >= 4 is 5.78 Å². The van der Waals surface area contributed by atoms with Gasteiger partial charge in [0.1, 0.15) is 11.9 Å². The third-order valence-electron chi connectivity index (χ3n) is 5.48. The van der Waals surface area contributed by atoms with Crippen molar-refractivity contribution in [2.75, 3.05) is 13.9 Å². The molecule has 1 aliphatic carbocycles. The first kappa shape index (κ1) is 16.1. The molecule has 3 aliphatic rings. The largest absolute Gasteiger partial charge is 0.493 e. The molecule has 0 amide bonds. The standard InChI is InChI=1S/C20H22O5/c1-4-7-20-10-17(22-3)14(21)9-18(20)25-19(12(20)2)13-5-6-15-16(8-13)24-11-23-15/h5-6,8-10,12,19H,4,7,11H2,1-3H3/t12-,19+,20-/m0/s1. The van der Waals surface area contributed by atoms with E-state index in [-0.39, 0.29) is 30.0 Å². The Hall–Kier alpha value is -2.43. The van der Waals surface area contributed by atoms with Crippen LogP contribution in [0.4, 0.5) is 0 Å². The topological polar surface area (TPSA) is 54.0 Å². The molecule has 2 heterocycles. The number of hydrogen-bond acceptors (Lipinski definition) is 5. The molecule has 0 saturated carbocycles. The number of fused-ring (bicyclic) bond motifs is 2. The molecule has 0 N–H and O–H groups in total. The van der Waals surface area contributed by atoms with E-state index in [0.29, 0.717) is 5.76 Å². The third kappa shape index (κ3) is 2.33. The molecular weight excluding hydrogens is 320 g/mol. The summed E-state index contributed by atoms with van der Waals surface area (Å²) in [5.41, 5.74) is 0.719. The fraction of sp³-hybridized carbons (Fsp3) is 0.450. The zero-order valence-electron chi connectivity index (χ0n) is 14.7. The molecule has 1 aromatic carbocycles. The first-order chi connectivity index (χ1) is 12.1. The van der Waals surface area contributed by atoms with Crippen LogP contribution in [-0.2, 0) is 14.3 Å². The quantitative estimate of drug-likeness (QED) is 0.830. The van der Waals surface area contributed by atoms with E-state index in [2.05, 4.69) is 13.8 Å². The third-order valence-corrected chi connectivity index (χ3v) is 5.48. The summed E-state index contributed by atoms with van der Waals surface area (Å²) in [6.07, 6.45) is 5.30. The summed E-state index contributed by atoms with van der Waals surface area (Å²) in [6.45, 7) is 4.56. The second-order valence-electron chi connectivity index (χ2n) is 6.82. The van der Waals surface area contributed by atoms with Crippen molar-refractivity contribution in [3.05, 3.63) is 47.4 Å². The molecule has 132 valence electrons. The van der Waals surface area contributed by atoms with Crippen molar-refractivity contribution < 1.29 is 23.7 Å². The molecule has 0 bridgehead atoms. The lowest BCUT2D eigenvalue weighted by molar-refractivity contribution is -0.114. The van der Waals surface area contributed by atoms with Gasteiger partial charge in [-0.25, -0.2) is 0 Å². The van der Waals surface area contributed by atoms with E-state index >= 15 is 0 Å². The van der Waals surface area contributed by atoms with E-state index in [0.717, 1.165) is 35.7 Å². The molecule has 0 radical (unpaired) electrons. The van der Waals surface area contributed by atoms with E-state index in [9.17, 15) is 4.79 Å². The lowest BCUT2D eigenvalue weighted by atomic mass is 9.68. The number of benzene rings is 1. The Bertz CT molecular complexity index is 778. The number of ether oxygens (including phenoxy) is 4. The molecular formula is C20H22O5. The normalized spacial score (nSPS) is 29.6. The fourth-order valence-electron chi connectivity index (χ4n) is 4.15. The van der Waals surface area contributed by atoms with E-state index in [1.54, 1.807) is 6.08 Å². The lowest BCUT2D eigenvalue weighted by Gasteiger charge is -2.32. The second-order valence-corrected chi connectivity index (χ2v) is 6.82. The molecule has 1 aromatic rings. The summed E-state index contributed by atoms with van der Waals surface area (Å²) in [4.78, 5) is 12.2. The van der Waals surface area contributed by atoms with Crippen LogP contribution < -0.4 is 9.47 Å². The highest BCUT2D eigenvalue weighted by Gasteiger charge is 2.53. The predicted octanol–water partition coefficient (Wildman–Crippen LogP) is 3.91. The van der Waals surface area contributed by atoms with Crippen LogP contribution >= 0.6 is 0 Å². The molecule has 2 aliphatic heterocycles. The number of methoxy groups -OCH3 is 1. The SMILES string of the molecule is CCC[C@@]12C=C(OC)C(=O)C=C1O[C@@H](c1ccc3c(c1)OCO3)[C@@H]2C. The molecule has 5 nitrogen and oxygen atoms in total. The summed E-state index contributed by atoms with van der Waals surface area (Å²) >= 11 is 0. The Morgan fingerprint density at radius 1 is 1.28 bits per heavy atom. The smallest absolute Gasteiger partial charge is 0.231 e. The summed E-state index contributed by atoms with van der Waals surface area (Å²) in [6, 6.07) is 5.90. The van der Waals surface area contributed by atoms with Gasteiger partial charge in [-0.15, -0.1) is 0 Å². The maximum atomic E-state index is 12.2. The van der Waals surface area contributed by atoms with Gasteiger partial charge in [0, 0.05) is 12.0 Å². The number of carbonyl (C=O) groups is 1. The minimum Gasteiger partial charge on any atom is -0.493 e. The molecule has 0 aromatic heterocycles. The van der Waals surface area contributed by atoms with Gasteiger partial charge in [-0.3, -0.25) is 4.79 Å². The van der Waals surface area contributed by atoms with Crippen LogP contribution in [0.2, 0.25) is 0 Å². The average Bonchev–Trinajstić information content (AvgIpc) is 3.18. The van der Waals surface area contributed by atoms with Crippen molar-refractivity contribution in [1.29, 1.82) is 0 Å². The van der Waals surface area contributed by atoms with Gasteiger partial charge in [0.25, 0.3) is 0 Å². The van der Waals surface area contributed by atoms with Crippen LogP contribution in [0, 0.1) is 11.3 Å². The van der Waals surface area contributed by atoms with Crippen molar-refractivity contribution in [1.82, 2.24) is 0 Å². The Balaban J connectivity index is 1.75. The zero-order chi connectivity index (χ0) is 17.6. The van der Waals surface area contributed by atoms with Crippen molar-refractivity contribution in [2.45, 2.75) is 32.8 Å². The molecule has 0 unspecified atom stereocenters. The molecule has 3 atom stereocenters. The molecule has 4 rings (SSSR count). The summed E-state index contributed by atoms with van der Waals surface area (Å²) < 4.78 is 22.5. The summed E-state index contributed by atoms with van der Waals surface area (Å²) in [5.74, 6) is 2.67. The average molecular weight is 342 g/mol. The second kappa shape index (κ2) is 5.83. The van der Waals surface area contributed by atoms with Crippen LogP contribution in [0.25, 0.3) is 0 Å². The zero-order valence-corrected chi connectivity index (χ0v) is 14.7. The van der Waals surface area contributed by atoms with Crippen LogP contribution in [0.15, 0.2) is 41.9 Å². The van der Waals surface area contributed by atoms with Crippen LogP contribution in [-0.4, -0.2) is 19.7 Å². The highest BCUT2D eigenvalue weighted by molar-refractivity contribution is 6.04. The van der Waals surface area contributed by atoms with E-state index in [1.807, 2.05) is 24.3 Å². The van der Waals surface area contributed by atoms with Crippen molar-refractivity contribution in [3.63, 3.8) is 0 Å².